The lowest BCUT2D eigenvalue weighted by Crippen LogP contribution is -2.55. The van der Waals surface area contributed by atoms with Gasteiger partial charge in [-0.2, -0.15) is 13.2 Å². The van der Waals surface area contributed by atoms with Crippen LogP contribution in [0.15, 0.2) is 42.9 Å². The van der Waals surface area contributed by atoms with Gasteiger partial charge in [-0.05, 0) is 61.9 Å². The van der Waals surface area contributed by atoms with Crippen molar-refractivity contribution in [1.82, 2.24) is 25.3 Å². The summed E-state index contributed by atoms with van der Waals surface area (Å²) in [5.41, 5.74) is -1.22. The van der Waals surface area contributed by atoms with E-state index >= 15 is 0 Å². The Labute approximate surface area is 251 Å². The number of hydrogen-bond donors (Lipinski definition) is 3. The highest BCUT2D eigenvalue weighted by atomic mass is 19.4. The molecule has 1 aliphatic carbocycles. The van der Waals surface area contributed by atoms with Crippen molar-refractivity contribution in [2.24, 2.45) is 0 Å². The van der Waals surface area contributed by atoms with E-state index in [1.54, 1.807) is 23.4 Å². The zero-order valence-corrected chi connectivity index (χ0v) is 24.0. The number of amides is 1. The quantitative estimate of drug-likeness (QED) is 0.349. The molecule has 0 spiro atoms. The summed E-state index contributed by atoms with van der Waals surface area (Å²) in [6.07, 6.45) is 3.97. The van der Waals surface area contributed by atoms with Gasteiger partial charge in [0.05, 0.1) is 5.56 Å². The van der Waals surface area contributed by atoms with Crippen LogP contribution in [0.3, 0.4) is 0 Å². The fraction of sp³-hybridized carbons (Fsp3) is 0.467. The average molecular weight is 611 g/mol. The number of aliphatic carboxylic acids is 1. The number of anilines is 4. The van der Waals surface area contributed by atoms with Crippen molar-refractivity contribution in [2.75, 3.05) is 34.8 Å². The monoisotopic (exact) mass is 610 g/mol. The number of hydrogen-bond acceptors (Lipinski definition) is 9. The molecule has 0 radical (unpaired) electrons. The predicted molar refractivity (Wildman–Crippen MR) is 156 cm³/mol. The third-order valence-electron chi connectivity index (χ3n) is 8.68. The molecule has 1 amide bonds. The summed E-state index contributed by atoms with van der Waals surface area (Å²) < 4.78 is 42.5. The SMILES string of the molecule is O=C(NC1(C(=O)O)CCCCC1)c1cnc(N2CCc3cc(NC4CCN(c5ncccn5)CC4)ccc32)nc1C(F)(F)F. The third kappa shape index (κ3) is 5.97. The van der Waals surface area contributed by atoms with Gasteiger partial charge in [-0.1, -0.05) is 19.3 Å². The Morgan fingerprint density at radius 1 is 0.977 bits per heavy atom. The first-order valence-electron chi connectivity index (χ1n) is 14.8. The molecule has 1 aromatic carbocycles. The Morgan fingerprint density at radius 3 is 2.39 bits per heavy atom. The van der Waals surface area contributed by atoms with Gasteiger partial charge in [-0.3, -0.25) is 4.79 Å². The number of carbonyl (C=O) groups excluding carboxylic acids is 1. The topological polar surface area (TPSA) is 136 Å². The molecular formula is C30H33F3N8O3. The number of carboxylic acid groups (broad SMARTS) is 1. The number of carboxylic acids is 1. The lowest BCUT2D eigenvalue weighted by molar-refractivity contribution is -0.145. The van der Waals surface area contributed by atoms with Crippen LogP contribution in [0, 0.1) is 0 Å². The summed E-state index contributed by atoms with van der Waals surface area (Å²) in [6.45, 7) is 2.02. The van der Waals surface area contributed by atoms with Crippen LogP contribution in [0.5, 0.6) is 0 Å². The first-order valence-corrected chi connectivity index (χ1v) is 14.8. The molecule has 2 aromatic heterocycles. The van der Waals surface area contributed by atoms with Gasteiger partial charge in [0.1, 0.15) is 5.54 Å². The van der Waals surface area contributed by atoms with Crippen LogP contribution in [0.25, 0.3) is 0 Å². The number of rotatable bonds is 7. The summed E-state index contributed by atoms with van der Waals surface area (Å²) in [4.78, 5) is 45.4. The number of piperidine rings is 1. The maximum atomic E-state index is 14.2. The number of nitrogens with zero attached hydrogens (tertiary/aromatic N) is 6. The van der Waals surface area contributed by atoms with Gasteiger partial charge in [-0.15, -0.1) is 0 Å². The Bertz CT molecular complexity index is 1520. The maximum absolute atomic E-state index is 14.2. The molecule has 14 heteroatoms. The Kier molecular flexibility index (Phi) is 7.99. The van der Waals surface area contributed by atoms with Crippen LogP contribution in [0.1, 0.15) is 66.6 Å². The number of alkyl halides is 3. The predicted octanol–water partition coefficient (Wildman–Crippen LogP) is 4.58. The number of benzene rings is 1. The van der Waals surface area contributed by atoms with Crippen LogP contribution in [-0.2, 0) is 17.4 Å². The van der Waals surface area contributed by atoms with Crippen molar-refractivity contribution in [3.8, 4) is 0 Å². The summed E-state index contributed by atoms with van der Waals surface area (Å²) in [5, 5.41) is 15.7. The zero-order valence-electron chi connectivity index (χ0n) is 24.0. The molecule has 1 saturated carbocycles. The molecule has 3 N–H and O–H groups in total. The van der Waals surface area contributed by atoms with Gasteiger partial charge in [0.15, 0.2) is 5.69 Å². The molecule has 0 unspecified atom stereocenters. The van der Waals surface area contributed by atoms with E-state index in [2.05, 4.69) is 35.5 Å². The number of aromatic nitrogens is 4. The van der Waals surface area contributed by atoms with Gasteiger partial charge in [0.25, 0.3) is 5.91 Å². The van der Waals surface area contributed by atoms with E-state index in [1.807, 2.05) is 18.2 Å². The number of fused-ring (bicyclic) bond motifs is 1. The smallest absolute Gasteiger partial charge is 0.434 e. The van der Waals surface area contributed by atoms with Crippen LogP contribution < -0.4 is 20.4 Å². The molecule has 2 fully saturated rings. The van der Waals surface area contributed by atoms with E-state index in [-0.39, 0.29) is 24.8 Å². The summed E-state index contributed by atoms with van der Waals surface area (Å²) in [5.74, 6) is -1.85. The molecule has 6 rings (SSSR count). The minimum Gasteiger partial charge on any atom is -0.480 e. The number of halogens is 3. The standard InChI is InChI=1S/C30H33F3N8O3/c31-30(32,33)24-22(25(42)39-29(26(43)44)10-2-1-3-11-29)18-36-28(38-24)41-16-7-19-17-21(5-6-23(19)41)37-20-8-14-40(15-9-20)27-34-12-4-13-35-27/h4-6,12-13,17-18,20,37H,1-3,7-11,14-16H2,(H,39,42)(H,43,44). The van der Waals surface area contributed by atoms with E-state index in [0.29, 0.717) is 31.5 Å². The van der Waals surface area contributed by atoms with E-state index in [4.69, 9.17) is 0 Å². The second-order valence-electron chi connectivity index (χ2n) is 11.5. The van der Waals surface area contributed by atoms with Crippen molar-refractivity contribution >= 4 is 35.1 Å². The zero-order chi connectivity index (χ0) is 30.9. The van der Waals surface area contributed by atoms with Crippen LogP contribution in [0.2, 0.25) is 0 Å². The lowest BCUT2D eigenvalue weighted by atomic mass is 9.81. The molecular weight excluding hydrogens is 577 g/mol. The average Bonchev–Trinajstić information content (AvgIpc) is 3.45. The molecule has 4 heterocycles. The van der Waals surface area contributed by atoms with Crippen molar-refractivity contribution in [3.63, 3.8) is 0 Å². The first kappa shape index (κ1) is 29.6. The van der Waals surface area contributed by atoms with Gasteiger partial charge in [-0.25, -0.2) is 24.7 Å². The minimum absolute atomic E-state index is 0.150. The summed E-state index contributed by atoms with van der Waals surface area (Å²) in [6, 6.07) is 7.79. The molecule has 0 atom stereocenters. The second kappa shape index (κ2) is 11.9. The van der Waals surface area contributed by atoms with Crippen molar-refractivity contribution in [2.45, 2.75) is 69.1 Å². The third-order valence-corrected chi connectivity index (χ3v) is 8.68. The fourth-order valence-corrected chi connectivity index (χ4v) is 6.33. The van der Waals surface area contributed by atoms with Crippen LogP contribution in [-0.4, -0.2) is 68.1 Å². The van der Waals surface area contributed by atoms with Crippen molar-refractivity contribution in [3.05, 3.63) is 59.7 Å². The summed E-state index contributed by atoms with van der Waals surface area (Å²) in [7, 11) is 0. The molecule has 3 aliphatic rings. The Hall–Kier alpha value is -4.49. The van der Waals surface area contributed by atoms with E-state index < -0.39 is 34.8 Å². The molecule has 3 aromatic rings. The van der Waals surface area contributed by atoms with E-state index in [0.717, 1.165) is 55.7 Å². The lowest BCUT2D eigenvalue weighted by Gasteiger charge is -2.34. The van der Waals surface area contributed by atoms with Crippen LogP contribution in [0.4, 0.5) is 36.4 Å². The van der Waals surface area contributed by atoms with Gasteiger partial charge < -0.3 is 25.5 Å². The van der Waals surface area contributed by atoms with Gasteiger partial charge in [0, 0.05) is 55.6 Å². The first-order chi connectivity index (χ1) is 21.1. The molecule has 2 aliphatic heterocycles. The van der Waals surface area contributed by atoms with Crippen LogP contribution >= 0.6 is 0 Å². The number of nitrogens with one attached hydrogen (secondary N) is 2. The number of carbonyl (C=O) groups is 2. The molecule has 1 saturated heterocycles. The highest BCUT2D eigenvalue weighted by Gasteiger charge is 2.44. The van der Waals surface area contributed by atoms with Crippen molar-refractivity contribution in [1.29, 1.82) is 0 Å². The Balaban J connectivity index is 1.16. The normalized spacial score (nSPS) is 18.5. The maximum Gasteiger partial charge on any atom is 0.434 e. The van der Waals surface area contributed by atoms with E-state index in [1.165, 1.54) is 0 Å². The largest absolute Gasteiger partial charge is 0.480 e. The van der Waals surface area contributed by atoms with E-state index in [9.17, 15) is 27.9 Å². The molecule has 0 bridgehead atoms. The minimum atomic E-state index is -4.95. The Morgan fingerprint density at radius 2 is 1.70 bits per heavy atom. The fourth-order valence-electron chi connectivity index (χ4n) is 6.33. The highest BCUT2D eigenvalue weighted by Crippen LogP contribution is 2.38. The van der Waals surface area contributed by atoms with Gasteiger partial charge >= 0.3 is 12.1 Å². The highest BCUT2D eigenvalue weighted by molar-refractivity contribution is 5.98. The summed E-state index contributed by atoms with van der Waals surface area (Å²) >= 11 is 0. The molecule has 232 valence electrons. The van der Waals surface area contributed by atoms with Crippen molar-refractivity contribution < 1.29 is 27.9 Å². The molecule has 11 nitrogen and oxygen atoms in total. The second-order valence-corrected chi connectivity index (χ2v) is 11.5. The van der Waals surface area contributed by atoms with Gasteiger partial charge in [0.2, 0.25) is 11.9 Å². The molecule has 44 heavy (non-hydrogen) atoms.